The van der Waals surface area contributed by atoms with Gasteiger partial charge in [-0.15, -0.1) is 0 Å². The molecule has 1 atom stereocenters. The first-order valence-corrected chi connectivity index (χ1v) is 12.7. The van der Waals surface area contributed by atoms with Gasteiger partial charge in [-0.05, 0) is 36.6 Å². The summed E-state index contributed by atoms with van der Waals surface area (Å²) in [5, 5.41) is 3.11. The Morgan fingerprint density at radius 1 is 0.970 bits per heavy atom. The molecule has 3 aromatic rings. The fraction of sp³-hybridized carbons (Fsp3) is 0.269. The number of nitrogens with zero attached hydrogens (tertiary/aromatic N) is 1. The molecule has 0 radical (unpaired) electrons. The normalized spacial score (nSPS) is 12.1. The second-order valence-electron chi connectivity index (χ2n) is 7.96. The molecule has 0 saturated carbocycles. The van der Waals surface area contributed by atoms with E-state index in [1.54, 1.807) is 24.3 Å². The van der Waals surface area contributed by atoms with Gasteiger partial charge in [0.1, 0.15) is 5.75 Å². The minimum atomic E-state index is -3.51. The topological polar surface area (TPSA) is 75.7 Å². The summed E-state index contributed by atoms with van der Waals surface area (Å²) in [5.41, 5.74) is 3.65. The van der Waals surface area contributed by atoms with Crippen molar-refractivity contribution in [3.05, 3.63) is 95.6 Å². The number of anilines is 1. The minimum Gasteiger partial charge on any atom is -0.497 e. The van der Waals surface area contributed by atoms with E-state index in [-0.39, 0.29) is 24.9 Å². The van der Waals surface area contributed by atoms with E-state index in [9.17, 15) is 13.2 Å². The third-order valence-electron chi connectivity index (χ3n) is 5.36. The third kappa shape index (κ3) is 6.83. The lowest BCUT2D eigenvalue weighted by Crippen LogP contribution is -2.33. The Hall–Kier alpha value is -3.32. The molecule has 0 saturated heterocycles. The molecule has 0 spiro atoms. The molecule has 0 unspecified atom stereocenters. The smallest absolute Gasteiger partial charge is 0.232 e. The van der Waals surface area contributed by atoms with E-state index in [4.69, 9.17) is 4.74 Å². The number of carbonyl (C=O) groups is 1. The van der Waals surface area contributed by atoms with Crippen LogP contribution < -0.4 is 14.4 Å². The van der Waals surface area contributed by atoms with Crippen molar-refractivity contribution in [2.75, 3.05) is 24.2 Å². The van der Waals surface area contributed by atoms with Crippen molar-refractivity contribution >= 4 is 21.6 Å². The molecule has 0 bridgehead atoms. The van der Waals surface area contributed by atoms with Gasteiger partial charge in [-0.25, -0.2) is 8.42 Å². The minimum absolute atomic E-state index is 0.136. The largest absolute Gasteiger partial charge is 0.497 e. The fourth-order valence-corrected chi connectivity index (χ4v) is 4.59. The molecule has 0 aromatic heterocycles. The number of rotatable bonds is 10. The monoisotopic (exact) mass is 466 g/mol. The predicted octanol–water partition coefficient (Wildman–Crippen LogP) is 4.46. The lowest BCUT2D eigenvalue weighted by molar-refractivity contribution is -0.121. The molecule has 0 aliphatic carbocycles. The number of hydrogen-bond donors (Lipinski definition) is 1. The highest BCUT2D eigenvalue weighted by Gasteiger charge is 2.20. The van der Waals surface area contributed by atoms with Gasteiger partial charge in [0.15, 0.2) is 0 Å². The van der Waals surface area contributed by atoms with Gasteiger partial charge in [0.05, 0.1) is 25.1 Å². The fourth-order valence-electron chi connectivity index (χ4n) is 3.63. The summed E-state index contributed by atoms with van der Waals surface area (Å²) in [7, 11) is -1.97. The van der Waals surface area contributed by atoms with Crippen LogP contribution in [-0.4, -0.2) is 34.2 Å². The maximum atomic E-state index is 12.8. The van der Waals surface area contributed by atoms with Gasteiger partial charge in [-0.3, -0.25) is 9.10 Å². The molecule has 1 N–H and O–H groups in total. The Labute approximate surface area is 196 Å². The molecular formula is C26H30N2O4S. The Balaban J connectivity index is 1.69. The van der Waals surface area contributed by atoms with Crippen molar-refractivity contribution in [1.82, 2.24) is 5.32 Å². The van der Waals surface area contributed by atoms with Crippen molar-refractivity contribution < 1.29 is 17.9 Å². The van der Waals surface area contributed by atoms with Crippen LogP contribution in [0, 0.1) is 6.92 Å². The number of hydrogen-bond acceptors (Lipinski definition) is 4. The molecule has 174 valence electrons. The van der Waals surface area contributed by atoms with Gasteiger partial charge in [0, 0.05) is 19.0 Å². The Morgan fingerprint density at radius 3 is 2.27 bits per heavy atom. The maximum Gasteiger partial charge on any atom is 0.232 e. The number of nitrogens with one attached hydrogen (secondary N) is 1. The second kappa shape index (κ2) is 11.0. The van der Waals surface area contributed by atoms with E-state index in [1.807, 2.05) is 61.5 Å². The molecule has 6 nitrogen and oxygen atoms in total. The number of carbonyl (C=O) groups excluding carboxylic acids is 1. The van der Waals surface area contributed by atoms with Crippen LogP contribution in [0.15, 0.2) is 78.9 Å². The Morgan fingerprint density at radius 2 is 1.64 bits per heavy atom. The summed E-state index contributed by atoms with van der Waals surface area (Å²) >= 11 is 0. The van der Waals surface area contributed by atoms with Crippen LogP contribution >= 0.6 is 0 Å². The van der Waals surface area contributed by atoms with E-state index in [0.29, 0.717) is 17.9 Å². The van der Waals surface area contributed by atoms with Gasteiger partial charge in [-0.2, -0.15) is 0 Å². The number of ether oxygens (including phenoxy) is 1. The van der Waals surface area contributed by atoms with Crippen molar-refractivity contribution in [2.45, 2.75) is 25.8 Å². The number of methoxy groups -OCH3 is 1. The van der Waals surface area contributed by atoms with Crippen LogP contribution in [0.4, 0.5) is 5.69 Å². The molecule has 1 amide bonds. The van der Waals surface area contributed by atoms with Gasteiger partial charge in [-0.1, -0.05) is 66.2 Å². The standard InChI is InChI=1S/C26H30N2O4S/c1-20-14-16-22(17-15-20)26(21-9-5-4-6-10-21)27-25(29)13-8-18-28(33(3,30)31)23-11-7-12-24(19-23)32-2/h4-7,9-12,14-17,19,26H,8,13,18H2,1-3H3,(H,27,29)/t26-/m0/s1. The third-order valence-corrected chi connectivity index (χ3v) is 6.55. The zero-order valence-corrected chi connectivity index (χ0v) is 20.0. The van der Waals surface area contributed by atoms with E-state index in [2.05, 4.69) is 5.32 Å². The zero-order chi connectivity index (χ0) is 23.8. The maximum absolute atomic E-state index is 12.8. The lowest BCUT2D eigenvalue weighted by atomic mass is 9.97. The molecule has 3 rings (SSSR count). The van der Waals surface area contributed by atoms with Crippen LogP contribution in [-0.2, 0) is 14.8 Å². The molecule has 0 aliphatic rings. The van der Waals surface area contributed by atoms with E-state index in [1.165, 1.54) is 11.4 Å². The number of aryl methyl sites for hydroxylation is 1. The highest BCUT2D eigenvalue weighted by molar-refractivity contribution is 7.92. The molecule has 33 heavy (non-hydrogen) atoms. The average molecular weight is 467 g/mol. The van der Waals surface area contributed by atoms with Crippen molar-refractivity contribution in [2.24, 2.45) is 0 Å². The number of sulfonamides is 1. The summed E-state index contributed by atoms with van der Waals surface area (Å²) in [5.74, 6) is 0.436. The first-order valence-electron chi connectivity index (χ1n) is 10.8. The summed E-state index contributed by atoms with van der Waals surface area (Å²) in [6, 6.07) is 24.5. The first kappa shape index (κ1) is 24.3. The van der Waals surface area contributed by atoms with Crippen LogP contribution in [0.2, 0.25) is 0 Å². The summed E-state index contributed by atoms with van der Waals surface area (Å²) in [6.45, 7) is 2.22. The molecule has 3 aromatic carbocycles. The Kier molecular flexibility index (Phi) is 8.11. The van der Waals surface area contributed by atoms with E-state index >= 15 is 0 Å². The van der Waals surface area contributed by atoms with Crippen LogP contribution in [0.25, 0.3) is 0 Å². The predicted molar refractivity (Wildman–Crippen MR) is 132 cm³/mol. The molecule has 0 fully saturated rings. The van der Waals surface area contributed by atoms with E-state index < -0.39 is 10.0 Å². The quantitative estimate of drug-likeness (QED) is 0.479. The molecule has 7 heteroatoms. The van der Waals surface area contributed by atoms with Crippen molar-refractivity contribution in [3.63, 3.8) is 0 Å². The summed E-state index contributed by atoms with van der Waals surface area (Å²) in [6.07, 6.45) is 1.74. The van der Waals surface area contributed by atoms with Crippen molar-refractivity contribution in [3.8, 4) is 5.75 Å². The van der Waals surface area contributed by atoms with Crippen LogP contribution in [0.1, 0.15) is 35.6 Å². The van der Waals surface area contributed by atoms with Crippen molar-refractivity contribution in [1.29, 1.82) is 0 Å². The van der Waals surface area contributed by atoms with Gasteiger partial charge >= 0.3 is 0 Å². The molecule has 0 aliphatic heterocycles. The zero-order valence-electron chi connectivity index (χ0n) is 19.2. The summed E-state index contributed by atoms with van der Waals surface area (Å²) < 4.78 is 31.2. The number of amides is 1. The first-order chi connectivity index (χ1) is 15.8. The van der Waals surface area contributed by atoms with Crippen LogP contribution in [0.5, 0.6) is 5.75 Å². The molecule has 0 heterocycles. The SMILES string of the molecule is COc1cccc(N(CCCC(=O)N[C@@H](c2ccccc2)c2ccc(C)cc2)S(C)(=O)=O)c1. The average Bonchev–Trinajstić information content (AvgIpc) is 2.81. The van der Waals surface area contributed by atoms with E-state index in [0.717, 1.165) is 22.9 Å². The molecular weight excluding hydrogens is 436 g/mol. The highest BCUT2D eigenvalue weighted by Crippen LogP contribution is 2.25. The number of benzene rings is 3. The second-order valence-corrected chi connectivity index (χ2v) is 9.87. The highest BCUT2D eigenvalue weighted by atomic mass is 32.2. The summed E-state index contributed by atoms with van der Waals surface area (Å²) in [4.78, 5) is 12.8. The Bertz CT molecular complexity index is 1160. The van der Waals surface area contributed by atoms with Gasteiger partial charge in [0.2, 0.25) is 15.9 Å². The van der Waals surface area contributed by atoms with Gasteiger partial charge < -0.3 is 10.1 Å². The van der Waals surface area contributed by atoms with Gasteiger partial charge in [0.25, 0.3) is 0 Å². The lowest BCUT2D eigenvalue weighted by Gasteiger charge is -2.23. The van der Waals surface area contributed by atoms with Crippen LogP contribution in [0.3, 0.4) is 0 Å².